The highest BCUT2D eigenvalue weighted by molar-refractivity contribution is 7.15. The van der Waals surface area contributed by atoms with Gasteiger partial charge in [-0.3, -0.25) is 19.2 Å². The maximum absolute atomic E-state index is 13.7. The zero-order valence-electron chi connectivity index (χ0n) is 23.7. The Morgan fingerprint density at radius 1 is 1.17 bits per heavy atom. The molecule has 0 spiro atoms. The van der Waals surface area contributed by atoms with E-state index in [2.05, 4.69) is 21.7 Å². The van der Waals surface area contributed by atoms with Crippen molar-refractivity contribution in [3.05, 3.63) is 52.6 Å². The number of nitrogens with one attached hydrogen (secondary N) is 2. The van der Waals surface area contributed by atoms with E-state index < -0.39 is 23.6 Å². The van der Waals surface area contributed by atoms with Gasteiger partial charge in [0.1, 0.15) is 11.4 Å². The first-order valence-electron chi connectivity index (χ1n) is 13.9. The summed E-state index contributed by atoms with van der Waals surface area (Å²) in [5, 5.41) is 6.05. The first kappa shape index (κ1) is 30.4. The number of allylic oxidation sites excluding steroid dienone is 1. The fourth-order valence-corrected chi connectivity index (χ4v) is 5.64. The molecule has 1 fully saturated rings. The number of nitrogens with zero attached hydrogens (tertiary/aromatic N) is 1. The molecule has 4 atom stereocenters. The second-order valence-electron chi connectivity index (χ2n) is 11.0. The van der Waals surface area contributed by atoms with Gasteiger partial charge in [0.25, 0.3) is 0 Å². The van der Waals surface area contributed by atoms with Gasteiger partial charge in [0.05, 0.1) is 32.2 Å². The lowest BCUT2D eigenvalue weighted by molar-refractivity contribution is -0.134. The zero-order valence-corrected chi connectivity index (χ0v) is 24.6. The number of benzene rings is 1. The maximum atomic E-state index is 13.7. The number of methoxy groups -OCH3 is 1. The molecule has 1 aliphatic heterocycles. The van der Waals surface area contributed by atoms with E-state index in [1.54, 1.807) is 33.1 Å². The Morgan fingerprint density at radius 2 is 1.90 bits per heavy atom. The highest BCUT2D eigenvalue weighted by atomic mass is 32.1. The largest absolute Gasteiger partial charge is 0.497 e. The molecule has 11 heteroatoms. The van der Waals surface area contributed by atoms with Gasteiger partial charge in [-0.15, -0.1) is 11.3 Å². The molecule has 1 saturated heterocycles. The van der Waals surface area contributed by atoms with Gasteiger partial charge in [-0.25, -0.2) is 4.98 Å². The number of aromatic nitrogens is 1. The van der Waals surface area contributed by atoms with Crippen molar-refractivity contribution in [3.8, 4) is 5.75 Å². The average Bonchev–Trinajstić information content (AvgIpc) is 3.28. The number of Topliss-reactive ketones (excluding diaryl/α,β-unsaturated/α-hetero) is 2. The van der Waals surface area contributed by atoms with Gasteiger partial charge in [-0.1, -0.05) is 23.8 Å². The summed E-state index contributed by atoms with van der Waals surface area (Å²) in [5.41, 5.74) is 6.74. The summed E-state index contributed by atoms with van der Waals surface area (Å²) in [7, 11) is 1.57. The fourth-order valence-electron chi connectivity index (χ4n) is 4.96. The van der Waals surface area contributed by atoms with E-state index in [1.807, 2.05) is 12.1 Å². The van der Waals surface area contributed by atoms with E-state index in [4.69, 9.17) is 15.2 Å². The van der Waals surface area contributed by atoms with Crippen LogP contribution in [0.15, 0.2) is 42.1 Å². The minimum Gasteiger partial charge on any atom is -0.497 e. The van der Waals surface area contributed by atoms with Crippen LogP contribution >= 0.6 is 11.3 Å². The molecule has 2 aromatic rings. The SMILES string of the molecule is COc1ccc(C[C@H](CC(=O)[C@H](C)NC(=O)Cc2cnc(N)s2)C(=O)N[C@@H](CC2=CCCC2)C(=O)[C@@]2(C)CO2)cc1. The summed E-state index contributed by atoms with van der Waals surface area (Å²) in [6.45, 7) is 3.67. The number of carbonyl (C=O) groups is 4. The number of ether oxygens (including phenoxy) is 2. The van der Waals surface area contributed by atoms with Crippen molar-refractivity contribution >= 4 is 39.8 Å². The van der Waals surface area contributed by atoms with Crippen molar-refractivity contribution in [3.63, 3.8) is 0 Å². The molecule has 4 N–H and O–H groups in total. The molecule has 2 heterocycles. The van der Waals surface area contributed by atoms with Crippen molar-refractivity contribution in [1.82, 2.24) is 15.6 Å². The minimum atomic E-state index is -0.889. The van der Waals surface area contributed by atoms with Crippen LogP contribution in [0.25, 0.3) is 0 Å². The topological polar surface area (TPSA) is 153 Å². The maximum Gasteiger partial charge on any atom is 0.225 e. The normalized spacial score (nSPS) is 19.9. The van der Waals surface area contributed by atoms with Crippen LogP contribution in [0.4, 0.5) is 5.13 Å². The predicted molar refractivity (Wildman–Crippen MR) is 155 cm³/mol. The van der Waals surface area contributed by atoms with Gasteiger partial charge in [0.15, 0.2) is 16.7 Å². The molecular weight excluding hydrogens is 544 g/mol. The van der Waals surface area contributed by atoms with Gasteiger partial charge in [-0.05, 0) is 63.6 Å². The number of ketones is 2. The molecule has 1 aliphatic carbocycles. The van der Waals surface area contributed by atoms with Crippen molar-refractivity contribution in [2.75, 3.05) is 19.5 Å². The van der Waals surface area contributed by atoms with E-state index in [0.717, 1.165) is 30.4 Å². The van der Waals surface area contributed by atoms with Crippen LogP contribution in [-0.4, -0.2) is 59.8 Å². The second-order valence-corrected chi connectivity index (χ2v) is 12.1. The molecule has 10 nitrogen and oxygen atoms in total. The smallest absolute Gasteiger partial charge is 0.225 e. The van der Waals surface area contributed by atoms with E-state index >= 15 is 0 Å². The van der Waals surface area contributed by atoms with E-state index in [1.165, 1.54) is 17.5 Å². The number of nitrogens with two attached hydrogens (primary N) is 1. The van der Waals surface area contributed by atoms with Crippen molar-refractivity contribution in [2.24, 2.45) is 5.92 Å². The molecule has 0 bridgehead atoms. The van der Waals surface area contributed by atoms with Crippen LogP contribution in [0.5, 0.6) is 5.75 Å². The number of nitrogen functional groups attached to an aromatic ring is 1. The Bertz CT molecular complexity index is 1300. The van der Waals surface area contributed by atoms with Crippen molar-refractivity contribution < 1.29 is 28.7 Å². The van der Waals surface area contributed by atoms with Gasteiger partial charge in [0.2, 0.25) is 11.8 Å². The van der Waals surface area contributed by atoms with Gasteiger partial charge in [-0.2, -0.15) is 0 Å². The Balaban J connectivity index is 1.46. The molecule has 41 heavy (non-hydrogen) atoms. The van der Waals surface area contributed by atoms with Crippen LogP contribution in [-0.2, 0) is 36.8 Å². The third-order valence-electron chi connectivity index (χ3n) is 7.56. The van der Waals surface area contributed by atoms with Crippen LogP contribution < -0.4 is 21.1 Å². The molecule has 1 aromatic heterocycles. The number of epoxide rings is 1. The van der Waals surface area contributed by atoms with Crippen LogP contribution in [0.3, 0.4) is 0 Å². The number of hydrogen-bond acceptors (Lipinski definition) is 9. The minimum absolute atomic E-state index is 0.0583. The lowest BCUT2D eigenvalue weighted by atomic mass is 9.89. The number of thiazole rings is 1. The van der Waals surface area contributed by atoms with Crippen molar-refractivity contribution in [2.45, 2.75) is 76.5 Å². The van der Waals surface area contributed by atoms with Crippen molar-refractivity contribution in [1.29, 1.82) is 0 Å². The summed E-state index contributed by atoms with van der Waals surface area (Å²) < 4.78 is 10.6. The number of rotatable bonds is 15. The first-order valence-corrected chi connectivity index (χ1v) is 14.7. The number of amides is 2. The monoisotopic (exact) mass is 582 g/mol. The zero-order chi connectivity index (χ0) is 29.6. The Morgan fingerprint density at radius 3 is 2.49 bits per heavy atom. The van der Waals surface area contributed by atoms with Gasteiger partial charge in [0, 0.05) is 23.4 Å². The molecule has 0 radical (unpaired) electrons. The average molecular weight is 583 g/mol. The van der Waals surface area contributed by atoms with Crippen LogP contribution in [0, 0.1) is 5.92 Å². The summed E-state index contributed by atoms with van der Waals surface area (Å²) in [6.07, 6.45) is 7.23. The molecule has 2 amide bonds. The molecule has 1 aromatic carbocycles. The number of carbonyl (C=O) groups excluding carboxylic acids is 4. The Hall–Kier alpha value is -3.57. The number of anilines is 1. The molecule has 4 rings (SSSR count). The van der Waals surface area contributed by atoms with Gasteiger partial charge >= 0.3 is 0 Å². The lowest BCUT2D eigenvalue weighted by Gasteiger charge is -2.24. The summed E-state index contributed by atoms with van der Waals surface area (Å²) in [5.74, 6) is -1.23. The third kappa shape index (κ3) is 8.46. The highest BCUT2D eigenvalue weighted by Gasteiger charge is 2.50. The first-order chi connectivity index (χ1) is 19.6. The molecule has 220 valence electrons. The van der Waals surface area contributed by atoms with Crippen LogP contribution in [0.1, 0.15) is 56.4 Å². The summed E-state index contributed by atoms with van der Waals surface area (Å²) in [6, 6.07) is 5.74. The molecule has 0 saturated carbocycles. The summed E-state index contributed by atoms with van der Waals surface area (Å²) >= 11 is 1.21. The molecule has 2 aliphatic rings. The van der Waals surface area contributed by atoms with E-state index in [9.17, 15) is 19.2 Å². The Labute approximate surface area is 244 Å². The highest BCUT2D eigenvalue weighted by Crippen LogP contribution is 2.31. The summed E-state index contributed by atoms with van der Waals surface area (Å²) in [4.78, 5) is 57.4. The van der Waals surface area contributed by atoms with Crippen LogP contribution in [0.2, 0.25) is 0 Å². The van der Waals surface area contributed by atoms with E-state index in [0.29, 0.717) is 28.8 Å². The second kappa shape index (κ2) is 13.4. The Kier molecular flexibility index (Phi) is 9.93. The predicted octanol–water partition coefficient (Wildman–Crippen LogP) is 2.94. The fraction of sp³-hybridized carbons (Fsp3) is 0.500. The lowest BCUT2D eigenvalue weighted by Crippen LogP contribution is -2.49. The number of hydrogen-bond donors (Lipinski definition) is 3. The molecule has 0 unspecified atom stereocenters. The van der Waals surface area contributed by atoms with Gasteiger partial charge < -0.3 is 25.8 Å². The standard InChI is InChI=1S/C30H38N4O6S/c1-18(33-26(36)15-23-16-32-29(31)41-23)25(35)14-21(12-20-8-10-22(39-3)11-9-20)28(38)34-24(13-19-6-4-5-7-19)27(37)30(2)17-40-30/h6,8-11,16,18,21,24H,4-5,7,12-15,17H2,1-3H3,(H2,31,32)(H,33,36)(H,34,38)/t18-,21+,24-,30+/m0/s1. The molecular formula is C30H38N4O6S. The van der Waals surface area contributed by atoms with E-state index in [-0.39, 0.29) is 42.6 Å². The quantitative estimate of drug-likeness (QED) is 0.214. The third-order valence-corrected chi connectivity index (χ3v) is 8.39.